The van der Waals surface area contributed by atoms with Crippen molar-refractivity contribution in [3.8, 4) is 17.2 Å². The summed E-state index contributed by atoms with van der Waals surface area (Å²) in [6.07, 6.45) is 2.43. The molecule has 10 nitrogen and oxygen atoms in total. The molecule has 2 rings (SSSR count). The van der Waals surface area contributed by atoms with E-state index < -0.39 is 11.9 Å². The van der Waals surface area contributed by atoms with Crippen LogP contribution < -0.4 is 14.2 Å². The third-order valence-electron chi connectivity index (χ3n) is 3.87. The molecule has 1 heterocycles. The first-order valence-corrected chi connectivity index (χ1v) is 8.66. The lowest BCUT2D eigenvalue weighted by molar-refractivity contribution is -0.159. The molecular weight excluding hydrogens is 396 g/mol. The normalized spacial score (nSPS) is 9.60. The highest BCUT2D eigenvalue weighted by molar-refractivity contribution is 6.27. The Labute approximate surface area is 173 Å². The second-order valence-corrected chi connectivity index (χ2v) is 5.82. The average molecular weight is 420 g/mol. The van der Waals surface area contributed by atoms with Gasteiger partial charge < -0.3 is 29.3 Å². The van der Waals surface area contributed by atoms with Gasteiger partial charge in [-0.2, -0.15) is 0 Å². The number of pyridine rings is 1. The van der Waals surface area contributed by atoms with Crippen LogP contribution in [0.5, 0.6) is 17.2 Å². The first-order valence-electron chi connectivity index (χ1n) is 8.66. The number of methoxy groups -OCH3 is 3. The van der Waals surface area contributed by atoms with Crippen molar-refractivity contribution < 1.29 is 38.8 Å². The van der Waals surface area contributed by atoms with E-state index in [-0.39, 0.29) is 5.91 Å². The number of aliphatic carboxylic acids is 2. The van der Waals surface area contributed by atoms with Crippen LogP contribution in [0.25, 0.3) is 0 Å². The number of carbonyl (C=O) groups is 3. The number of amides is 1. The van der Waals surface area contributed by atoms with Crippen molar-refractivity contribution in [2.75, 3.05) is 34.9 Å². The van der Waals surface area contributed by atoms with Crippen LogP contribution in [0.1, 0.15) is 16.1 Å². The van der Waals surface area contributed by atoms with E-state index in [9.17, 15) is 4.79 Å². The SMILES string of the molecule is COc1cc(C(=O)N(C)CCc2ccccn2)cc(OC)c1OC.O=C(O)C(=O)O. The maximum atomic E-state index is 12.7. The minimum atomic E-state index is -1.82. The molecule has 1 amide bonds. The number of carboxylic acids is 2. The smallest absolute Gasteiger partial charge is 0.414 e. The van der Waals surface area contributed by atoms with Crippen molar-refractivity contribution in [3.05, 3.63) is 47.8 Å². The summed E-state index contributed by atoms with van der Waals surface area (Å²) in [6.45, 7) is 0.562. The Kier molecular flexibility index (Phi) is 9.60. The van der Waals surface area contributed by atoms with Gasteiger partial charge in [0.2, 0.25) is 5.75 Å². The topological polar surface area (TPSA) is 135 Å². The molecular formula is C20H24N2O8. The standard InChI is InChI=1S/C18H22N2O4.C2H2O4/c1-20(10-8-14-7-5-6-9-19-14)18(21)13-11-15(22-2)17(24-4)16(12-13)23-3;3-1(4)2(5)6/h5-7,9,11-12H,8,10H2,1-4H3;(H,3,4)(H,5,6). The molecule has 30 heavy (non-hydrogen) atoms. The fraction of sp³-hybridized carbons (Fsp3) is 0.300. The summed E-state index contributed by atoms with van der Waals surface area (Å²) < 4.78 is 15.9. The van der Waals surface area contributed by atoms with Crippen LogP contribution in [0.2, 0.25) is 0 Å². The first kappa shape index (κ1) is 24.2. The predicted molar refractivity (Wildman–Crippen MR) is 106 cm³/mol. The number of carboxylic acid groups (broad SMARTS) is 2. The highest BCUT2D eigenvalue weighted by Crippen LogP contribution is 2.38. The fourth-order valence-corrected chi connectivity index (χ4v) is 2.35. The monoisotopic (exact) mass is 420 g/mol. The number of nitrogens with zero attached hydrogens (tertiary/aromatic N) is 2. The van der Waals surface area contributed by atoms with E-state index in [0.29, 0.717) is 35.8 Å². The predicted octanol–water partition coefficient (Wildman–Crippen LogP) is 1.58. The summed E-state index contributed by atoms with van der Waals surface area (Å²) >= 11 is 0. The lowest BCUT2D eigenvalue weighted by Gasteiger charge is -2.19. The lowest BCUT2D eigenvalue weighted by Crippen LogP contribution is -2.29. The number of carbonyl (C=O) groups excluding carboxylic acids is 1. The minimum Gasteiger partial charge on any atom is -0.493 e. The first-order chi connectivity index (χ1) is 14.2. The Balaban J connectivity index is 0.000000656. The van der Waals surface area contributed by atoms with Gasteiger partial charge in [-0.25, -0.2) is 9.59 Å². The van der Waals surface area contributed by atoms with Crippen molar-refractivity contribution in [2.24, 2.45) is 0 Å². The largest absolute Gasteiger partial charge is 0.493 e. The van der Waals surface area contributed by atoms with E-state index in [0.717, 1.165) is 5.69 Å². The van der Waals surface area contributed by atoms with Crippen molar-refractivity contribution in [3.63, 3.8) is 0 Å². The lowest BCUT2D eigenvalue weighted by atomic mass is 10.1. The van der Waals surface area contributed by atoms with Gasteiger partial charge in [-0.05, 0) is 24.3 Å². The van der Waals surface area contributed by atoms with Gasteiger partial charge in [-0.1, -0.05) is 6.07 Å². The number of rotatable bonds is 7. The van der Waals surface area contributed by atoms with Crippen molar-refractivity contribution in [1.29, 1.82) is 0 Å². The highest BCUT2D eigenvalue weighted by Gasteiger charge is 2.19. The van der Waals surface area contributed by atoms with E-state index in [1.165, 1.54) is 21.3 Å². The summed E-state index contributed by atoms with van der Waals surface area (Å²) in [4.78, 5) is 36.8. The Bertz CT molecular complexity index is 833. The Hall–Kier alpha value is -3.82. The van der Waals surface area contributed by atoms with Crippen LogP contribution >= 0.6 is 0 Å². The number of hydrogen-bond acceptors (Lipinski definition) is 7. The number of ether oxygens (including phenoxy) is 3. The fourth-order valence-electron chi connectivity index (χ4n) is 2.35. The van der Waals surface area contributed by atoms with Crippen molar-refractivity contribution in [1.82, 2.24) is 9.88 Å². The third kappa shape index (κ3) is 6.97. The molecule has 0 aliphatic carbocycles. The number of likely N-dealkylation sites (N-methyl/N-ethyl adjacent to an activating group) is 1. The molecule has 0 bridgehead atoms. The van der Waals surface area contributed by atoms with E-state index in [1.807, 2.05) is 18.2 Å². The maximum Gasteiger partial charge on any atom is 0.414 e. The summed E-state index contributed by atoms with van der Waals surface area (Å²) in [5.41, 5.74) is 1.43. The minimum absolute atomic E-state index is 0.120. The zero-order chi connectivity index (χ0) is 22.7. The van der Waals surface area contributed by atoms with Gasteiger partial charge in [0.05, 0.1) is 21.3 Å². The highest BCUT2D eigenvalue weighted by atomic mass is 16.5. The molecule has 0 fully saturated rings. The second-order valence-electron chi connectivity index (χ2n) is 5.82. The molecule has 0 unspecified atom stereocenters. The molecule has 0 spiro atoms. The van der Waals surface area contributed by atoms with Crippen LogP contribution in [0.4, 0.5) is 0 Å². The molecule has 162 valence electrons. The van der Waals surface area contributed by atoms with Gasteiger partial charge in [-0.3, -0.25) is 9.78 Å². The molecule has 2 aromatic rings. The quantitative estimate of drug-likeness (QED) is 0.640. The molecule has 0 saturated heterocycles. The van der Waals surface area contributed by atoms with Crippen LogP contribution in [0.3, 0.4) is 0 Å². The van der Waals surface area contributed by atoms with Gasteiger partial charge >= 0.3 is 11.9 Å². The average Bonchev–Trinajstić information content (AvgIpc) is 2.76. The zero-order valence-corrected chi connectivity index (χ0v) is 17.1. The van der Waals surface area contributed by atoms with Gasteiger partial charge in [-0.15, -0.1) is 0 Å². The molecule has 0 radical (unpaired) electrons. The molecule has 2 N–H and O–H groups in total. The van der Waals surface area contributed by atoms with Crippen LogP contribution in [-0.2, 0) is 16.0 Å². The Morgan fingerprint density at radius 1 is 0.967 bits per heavy atom. The number of aromatic nitrogens is 1. The molecule has 0 saturated carbocycles. The van der Waals surface area contributed by atoms with E-state index in [2.05, 4.69) is 4.98 Å². The third-order valence-corrected chi connectivity index (χ3v) is 3.87. The Morgan fingerprint density at radius 2 is 1.53 bits per heavy atom. The Morgan fingerprint density at radius 3 is 1.93 bits per heavy atom. The zero-order valence-electron chi connectivity index (χ0n) is 17.1. The van der Waals surface area contributed by atoms with E-state index in [4.69, 9.17) is 34.0 Å². The maximum absolute atomic E-state index is 12.7. The summed E-state index contributed by atoms with van der Waals surface area (Å²) in [5, 5.41) is 14.8. The van der Waals surface area contributed by atoms with Gasteiger partial charge in [0.25, 0.3) is 5.91 Å². The molecule has 0 atom stereocenters. The van der Waals surface area contributed by atoms with Crippen molar-refractivity contribution in [2.45, 2.75) is 6.42 Å². The number of hydrogen-bond donors (Lipinski definition) is 2. The second kappa shape index (κ2) is 11.9. The molecule has 1 aromatic carbocycles. The molecule has 1 aromatic heterocycles. The van der Waals surface area contributed by atoms with Gasteiger partial charge in [0.1, 0.15) is 0 Å². The summed E-state index contributed by atoms with van der Waals surface area (Å²) in [5.74, 6) is -2.39. The van der Waals surface area contributed by atoms with E-state index >= 15 is 0 Å². The summed E-state index contributed by atoms with van der Waals surface area (Å²) in [7, 11) is 6.34. The summed E-state index contributed by atoms with van der Waals surface area (Å²) in [6, 6.07) is 9.05. The van der Waals surface area contributed by atoms with Crippen LogP contribution in [0, 0.1) is 0 Å². The molecule has 0 aliphatic rings. The van der Waals surface area contributed by atoms with Crippen LogP contribution in [-0.4, -0.2) is 72.9 Å². The van der Waals surface area contributed by atoms with E-state index in [1.54, 1.807) is 30.3 Å². The molecule has 0 aliphatic heterocycles. The number of benzene rings is 1. The van der Waals surface area contributed by atoms with Crippen LogP contribution in [0.15, 0.2) is 36.5 Å². The van der Waals surface area contributed by atoms with Gasteiger partial charge in [0.15, 0.2) is 11.5 Å². The van der Waals surface area contributed by atoms with Crippen molar-refractivity contribution >= 4 is 17.8 Å². The molecule has 10 heteroatoms. The van der Waals surface area contributed by atoms with Gasteiger partial charge in [0, 0.05) is 37.5 Å².